The fourth-order valence-corrected chi connectivity index (χ4v) is 6.94. The molecule has 0 heterocycles. The number of methoxy groups -OCH3 is 2. The lowest BCUT2D eigenvalue weighted by Crippen LogP contribution is -2.19. The number of benzene rings is 2. The Morgan fingerprint density at radius 2 is 0.881 bits per heavy atom. The lowest BCUT2D eigenvalue weighted by atomic mass is 10.1. The molecule has 0 unspecified atom stereocenters. The number of para-hydroxylation sites is 2. The zero-order valence-electron chi connectivity index (χ0n) is 26.8. The van der Waals surface area contributed by atoms with Crippen molar-refractivity contribution in [1.82, 2.24) is 21.3 Å². The Bertz CT molecular complexity index is 872. The van der Waals surface area contributed by atoms with Crippen molar-refractivity contribution >= 4 is 21.6 Å². The van der Waals surface area contributed by atoms with E-state index in [-0.39, 0.29) is 0 Å². The maximum atomic E-state index is 5.54. The molecule has 2 aromatic carbocycles. The van der Waals surface area contributed by atoms with Gasteiger partial charge in [0.15, 0.2) is 0 Å². The first-order valence-corrected chi connectivity index (χ1v) is 18.5. The molecule has 0 amide bonds. The van der Waals surface area contributed by atoms with Gasteiger partial charge < -0.3 is 30.7 Å². The van der Waals surface area contributed by atoms with Gasteiger partial charge in [0, 0.05) is 48.8 Å². The van der Waals surface area contributed by atoms with Crippen LogP contribution in [0.2, 0.25) is 0 Å². The average molecular weight is 619 g/mol. The Balaban J connectivity index is 1.25. The molecule has 6 nitrogen and oxygen atoms in total. The van der Waals surface area contributed by atoms with E-state index >= 15 is 0 Å². The van der Waals surface area contributed by atoms with Gasteiger partial charge in [-0.15, -0.1) is 0 Å². The Labute approximate surface area is 265 Å². The maximum absolute atomic E-state index is 5.54. The van der Waals surface area contributed by atoms with E-state index in [2.05, 4.69) is 71.5 Å². The molecule has 0 bridgehead atoms. The van der Waals surface area contributed by atoms with Gasteiger partial charge in [-0.25, -0.2) is 0 Å². The summed E-state index contributed by atoms with van der Waals surface area (Å²) < 4.78 is 11.1. The van der Waals surface area contributed by atoms with Crippen molar-refractivity contribution in [3.05, 3.63) is 58.7 Å². The molecule has 0 fully saturated rings. The Morgan fingerprint density at radius 3 is 1.26 bits per heavy atom. The van der Waals surface area contributed by atoms with Gasteiger partial charge in [0.1, 0.15) is 11.5 Å². The predicted molar refractivity (Wildman–Crippen MR) is 186 cm³/mol. The van der Waals surface area contributed by atoms with Crippen LogP contribution in [0, 0.1) is 13.8 Å². The highest BCUT2D eigenvalue weighted by Gasteiger charge is 2.06. The lowest BCUT2D eigenvalue weighted by molar-refractivity contribution is 0.404. The van der Waals surface area contributed by atoms with Crippen LogP contribution in [-0.4, -0.2) is 65.0 Å². The van der Waals surface area contributed by atoms with E-state index in [9.17, 15) is 0 Å². The lowest BCUT2D eigenvalue weighted by Gasteiger charge is -2.12. The number of hydrogen-bond acceptors (Lipinski definition) is 8. The Kier molecular flexibility index (Phi) is 21.9. The highest BCUT2D eigenvalue weighted by molar-refractivity contribution is 8.76. The van der Waals surface area contributed by atoms with Gasteiger partial charge >= 0.3 is 0 Å². The summed E-state index contributed by atoms with van der Waals surface area (Å²) >= 11 is 0. The van der Waals surface area contributed by atoms with Crippen molar-refractivity contribution in [3.63, 3.8) is 0 Å². The summed E-state index contributed by atoms with van der Waals surface area (Å²) in [7, 11) is 7.50. The minimum Gasteiger partial charge on any atom is -0.496 e. The number of ether oxygens (including phenoxy) is 2. The highest BCUT2D eigenvalue weighted by atomic mass is 33.1. The standard InChI is InChI=1S/C34H58N4O2S2/c1-29-15-13-17-31(33(29)39-3)27-37-21-11-7-5-9-19-35-23-25-41-42-26-24-36-20-10-6-8-12-22-38-28-32-18-14-16-30(2)34(32)40-4/h13-18,35-38H,5-12,19-28H2,1-4H3. The first-order valence-electron chi connectivity index (χ1n) is 16.0. The number of unbranched alkanes of at least 4 members (excludes halogenated alkanes) is 6. The van der Waals surface area contributed by atoms with Crippen molar-refractivity contribution in [2.45, 2.75) is 78.3 Å². The van der Waals surface area contributed by atoms with E-state index in [1.54, 1.807) is 14.2 Å². The summed E-state index contributed by atoms with van der Waals surface area (Å²) in [6, 6.07) is 12.7. The van der Waals surface area contributed by atoms with Crippen LogP contribution in [0.3, 0.4) is 0 Å². The zero-order chi connectivity index (χ0) is 30.1. The van der Waals surface area contributed by atoms with Gasteiger partial charge in [0.25, 0.3) is 0 Å². The van der Waals surface area contributed by atoms with Gasteiger partial charge in [-0.3, -0.25) is 0 Å². The normalized spacial score (nSPS) is 11.2. The largest absolute Gasteiger partial charge is 0.496 e. The van der Waals surface area contributed by atoms with E-state index in [0.717, 1.165) is 63.9 Å². The van der Waals surface area contributed by atoms with Gasteiger partial charge in [0.2, 0.25) is 0 Å². The van der Waals surface area contributed by atoms with Crippen LogP contribution in [0.25, 0.3) is 0 Å². The minimum absolute atomic E-state index is 0.878. The Morgan fingerprint density at radius 1 is 0.500 bits per heavy atom. The molecule has 0 aliphatic carbocycles. The molecule has 0 aliphatic heterocycles. The molecular formula is C34H58N4O2S2. The van der Waals surface area contributed by atoms with Crippen molar-refractivity contribution in [2.24, 2.45) is 0 Å². The van der Waals surface area contributed by atoms with Crippen molar-refractivity contribution in [1.29, 1.82) is 0 Å². The van der Waals surface area contributed by atoms with Gasteiger partial charge in [-0.1, -0.05) is 83.7 Å². The summed E-state index contributed by atoms with van der Waals surface area (Å²) in [6.07, 6.45) is 10.2. The molecule has 42 heavy (non-hydrogen) atoms. The van der Waals surface area contributed by atoms with Crippen LogP contribution in [0.4, 0.5) is 0 Å². The second-order valence-electron chi connectivity index (χ2n) is 10.9. The second kappa shape index (κ2) is 25.0. The van der Waals surface area contributed by atoms with E-state index in [1.807, 2.05) is 21.6 Å². The Hall–Kier alpha value is -1.42. The molecule has 2 aromatic rings. The monoisotopic (exact) mass is 618 g/mol. The smallest absolute Gasteiger partial charge is 0.126 e. The molecule has 2 rings (SSSR count). The number of rotatable bonds is 27. The van der Waals surface area contributed by atoms with Crippen LogP contribution in [0.1, 0.15) is 73.6 Å². The summed E-state index contributed by atoms with van der Waals surface area (Å²) in [5.41, 5.74) is 4.90. The summed E-state index contributed by atoms with van der Waals surface area (Å²) in [4.78, 5) is 0. The first kappa shape index (κ1) is 36.8. The SMILES string of the molecule is COc1c(C)cccc1CNCCCCCCNCCSSCCNCCCCCCNCc1cccc(C)c1OC. The van der Waals surface area contributed by atoms with Gasteiger partial charge in [0.05, 0.1) is 14.2 Å². The molecule has 0 saturated carbocycles. The number of aryl methyl sites for hydroxylation is 2. The molecule has 0 aromatic heterocycles. The maximum Gasteiger partial charge on any atom is 0.126 e. The van der Waals surface area contributed by atoms with Gasteiger partial charge in [-0.05, 0) is 76.8 Å². The molecule has 8 heteroatoms. The molecule has 0 atom stereocenters. The second-order valence-corrected chi connectivity index (χ2v) is 13.6. The molecule has 0 radical (unpaired) electrons. The highest BCUT2D eigenvalue weighted by Crippen LogP contribution is 2.23. The topological polar surface area (TPSA) is 66.6 Å². The summed E-state index contributed by atoms with van der Waals surface area (Å²) in [5.74, 6) is 4.40. The zero-order valence-corrected chi connectivity index (χ0v) is 28.5. The van der Waals surface area contributed by atoms with Crippen LogP contribution < -0.4 is 30.7 Å². The summed E-state index contributed by atoms with van der Waals surface area (Å²) in [5, 5.41) is 14.3. The quantitative estimate of drug-likeness (QED) is 0.0639. The van der Waals surface area contributed by atoms with E-state index < -0.39 is 0 Å². The molecule has 0 aliphatic rings. The van der Waals surface area contributed by atoms with Crippen LogP contribution in [0.15, 0.2) is 36.4 Å². The third-order valence-electron chi connectivity index (χ3n) is 7.35. The van der Waals surface area contributed by atoms with Crippen molar-refractivity contribution in [3.8, 4) is 11.5 Å². The van der Waals surface area contributed by atoms with E-state index in [1.165, 1.54) is 85.1 Å². The fraction of sp³-hybridized carbons (Fsp3) is 0.647. The third-order valence-corrected chi connectivity index (χ3v) is 9.76. The van der Waals surface area contributed by atoms with Crippen molar-refractivity contribution in [2.75, 3.05) is 65.0 Å². The average Bonchev–Trinajstić information content (AvgIpc) is 2.99. The van der Waals surface area contributed by atoms with Crippen LogP contribution in [-0.2, 0) is 13.1 Å². The number of hydrogen-bond donors (Lipinski definition) is 4. The first-order chi connectivity index (χ1) is 20.7. The summed E-state index contributed by atoms with van der Waals surface area (Å²) in [6.45, 7) is 12.6. The van der Waals surface area contributed by atoms with Crippen LogP contribution in [0.5, 0.6) is 11.5 Å². The predicted octanol–water partition coefficient (Wildman–Crippen LogP) is 6.88. The van der Waals surface area contributed by atoms with Crippen molar-refractivity contribution < 1.29 is 9.47 Å². The molecule has 0 saturated heterocycles. The van der Waals surface area contributed by atoms with Crippen LogP contribution >= 0.6 is 21.6 Å². The minimum atomic E-state index is 0.878. The van der Waals surface area contributed by atoms with Gasteiger partial charge in [-0.2, -0.15) is 0 Å². The van der Waals surface area contributed by atoms with E-state index in [0.29, 0.717) is 0 Å². The fourth-order valence-electron chi connectivity index (χ4n) is 5.04. The number of nitrogens with one attached hydrogen (secondary N) is 4. The molecule has 238 valence electrons. The molecular weight excluding hydrogens is 561 g/mol. The van der Waals surface area contributed by atoms with E-state index in [4.69, 9.17) is 9.47 Å². The third kappa shape index (κ3) is 16.4. The molecule has 0 spiro atoms. The molecule has 4 N–H and O–H groups in total.